The number of amides is 1. The molecule has 1 amide bonds. The third-order valence-electron chi connectivity index (χ3n) is 3.46. The lowest BCUT2D eigenvalue weighted by Gasteiger charge is -2.22. The predicted octanol–water partition coefficient (Wildman–Crippen LogP) is 4.53. The zero-order valence-corrected chi connectivity index (χ0v) is 12.3. The number of halogens is 6. The second kappa shape index (κ2) is 6.70. The van der Waals surface area contributed by atoms with Gasteiger partial charge in [0.25, 0.3) is 0 Å². The number of rotatable bonds is 2. The maximum absolute atomic E-state index is 13.1. The van der Waals surface area contributed by atoms with Gasteiger partial charge in [-0.05, 0) is 24.1 Å². The second-order valence-corrected chi connectivity index (χ2v) is 5.14. The van der Waals surface area contributed by atoms with Gasteiger partial charge in [-0.3, -0.25) is 4.79 Å². The fourth-order valence-corrected chi connectivity index (χ4v) is 2.37. The summed E-state index contributed by atoms with van der Waals surface area (Å²) in [7, 11) is 0. The van der Waals surface area contributed by atoms with Gasteiger partial charge in [-0.15, -0.1) is 0 Å². The number of carbonyl (C=O) groups is 1. The smallest absolute Gasteiger partial charge is 0.335 e. The van der Waals surface area contributed by atoms with Crippen molar-refractivity contribution in [1.29, 1.82) is 0 Å². The zero-order chi connectivity index (χ0) is 18.0. The van der Waals surface area contributed by atoms with E-state index in [1.165, 1.54) is 4.90 Å². The fourth-order valence-electron chi connectivity index (χ4n) is 2.37. The monoisotopic (exact) mass is 349 g/mol. The van der Waals surface area contributed by atoms with Gasteiger partial charge in [0.1, 0.15) is 0 Å². The van der Waals surface area contributed by atoms with Crippen molar-refractivity contribution in [3.8, 4) is 0 Å². The molecule has 1 aliphatic rings. The summed E-state index contributed by atoms with van der Waals surface area (Å²) in [6.45, 7) is 0.728. The fraction of sp³-hybridized carbons (Fsp3) is 0.312. The molecular weight excluding hydrogens is 336 g/mol. The molecule has 0 radical (unpaired) electrons. The van der Waals surface area contributed by atoms with Gasteiger partial charge < -0.3 is 4.90 Å². The molecule has 24 heavy (non-hydrogen) atoms. The molecule has 8 heteroatoms. The van der Waals surface area contributed by atoms with Crippen LogP contribution in [0.25, 0.3) is 6.08 Å². The van der Waals surface area contributed by atoms with Crippen LogP contribution in [0.5, 0.6) is 0 Å². The Balaban J connectivity index is 2.38. The molecule has 0 fully saturated rings. The van der Waals surface area contributed by atoms with E-state index >= 15 is 0 Å². The topological polar surface area (TPSA) is 20.3 Å². The van der Waals surface area contributed by atoms with Crippen molar-refractivity contribution in [1.82, 2.24) is 4.90 Å². The molecule has 0 aromatic heterocycles. The normalized spacial score (nSPS) is 16.0. The summed E-state index contributed by atoms with van der Waals surface area (Å²) in [5.41, 5.74) is -4.26. The third kappa shape index (κ3) is 4.18. The minimum Gasteiger partial charge on any atom is -0.335 e. The van der Waals surface area contributed by atoms with Crippen molar-refractivity contribution >= 4 is 12.0 Å². The first-order valence-corrected chi connectivity index (χ1v) is 7.00. The lowest BCUT2D eigenvalue weighted by molar-refractivity contribution is -0.162. The molecule has 0 bridgehead atoms. The van der Waals surface area contributed by atoms with Crippen molar-refractivity contribution in [3.05, 3.63) is 53.1 Å². The van der Waals surface area contributed by atoms with Crippen molar-refractivity contribution in [2.45, 2.75) is 18.8 Å². The van der Waals surface area contributed by atoms with Crippen LogP contribution in [-0.2, 0) is 17.1 Å². The molecule has 0 spiro atoms. The van der Waals surface area contributed by atoms with Crippen molar-refractivity contribution in [3.63, 3.8) is 0 Å². The van der Waals surface area contributed by atoms with Gasteiger partial charge in [-0.1, -0.05) is 24.3 Å². The molecule has 2 rings (SSSR count). The van der Waals surface area contributed by atoms with Crippen molar-refractivity contribution < 1.29 is 31.1 Å². The summed E-state index contributed by atoms with van der Waals surface area (Å²) < 4.78 is 77.8. The van der Waals surface area contributed by atoms with Crippen LogP contribution in [0.2, 0.25) is 0 Å². The Morgan fingerprint density at radius 3 is 2.29 bits per heavy atom. The number of nitrogens with zero attached hydrogens (tertiary/aromatic N) is 1. The minimum absolute atomic E-state index is 0.317. The van der Waals surface area contributed by atoms with E-state index < -0.39 is 35.0 Å². The summed E-state index contributed by atoms with van der Waals surface area (Å²) in [5, 5.41) is 0. The number of benzene rings is 1. The van der Waals surface area contributed by atoms with Gasteiger partial charge >= 0.3 is 12.4 Å². The van der Waals surface area contributed by atoms with Gasteiger partial charge in [-0.25, -0.2) is 0 Å². The Labute approximate surface area is 134 Å². The van der Waals surface area contributed by atoms with Gasteiger partial charge in [0.05, 0.1) is 11.1 Å². The highest BCUT2D eigenvalue weighted by molar-refractivity contribution is 5.92. The van der Waals surface area contributed by atoms with Crippen LogP contribution >= 0.6 is 0 Å². The van der Waals surface area contributed by atoms with E-state index in [0.29, 0.717) is 25.6 Å². The zero-order valence-electron chi connectivity index (χ0n) is 12.3. The number of hydrogen-bond donors (Lipinski definition) is 0. The first-order valence-electron chi connectivity index (χ1n) is 7.00. The van der Waals surface area contributed by atoms with Crippen LogP contribution in [0.4, 0.5) is 26.3 Å². The summed E-state index contributed by atoms with van der Waals surface area (Å²) >= 11 is 0. The molecular formula is C16H13F6NO. The Morgan fingerprint density at radius 1 is 1.04 bits per heavy atom. The van der Waals surface area contributed by atoms with E-state index in [1.54, 1.807) is 6.08 Å². The summed E-state index contributed by atoms with van der Waals surface area (Å²) in [4.78, 5) is 13.3. The average molecular weight is 349 g/mol. The first-order chi connectivity index (χ1) is 11.1. The van der Waals surface area contributed by atoms with Crippen molar-refractivity contribution in [2.24, 2.45) is 0 Å². The quantitative estimate of drug-likeness (QED) is 0.437. The van der Waals surface area contributed by atoms with Gasteiger partial charge in [0, 0.05) is 19.2 Å². The molecule has 0 atom stereocenters. The summed E-state index contributed by atoms with van der Waals surface area (Å²) in [6, 6.07) is 2.15. The maximum atomic E-state index is 13.1. The van der Waals surface area contributed by atoms with Gasteiger partial charge in [0.2, 0.25) is 5.91 Å². The minimum atomic E-state index is -5.19. The van der Waals surface area contributed by atoms with E-state index in [2.05, 4.69) is 0 Å². The SMILES string of the molecule is O=C(/C=C/c1cccc(C(F)(F)F)c1C(F)(F)F)N1CC=CCC1. The second-order valence-electron chi connectivity index (χ2n) is 5.14. The Hall–Kier alpha value is -2.25. The lowest BCUT2D eigenvalue weighted by Crippen LogP contribution is -2.32. The van der Waals surface area contributed by atoms with Crippen LogP contribution in [0.15, 0.2) is 36.4 Å². The molecule has 130 valence electrons. The van der Waals surface area contributed by atoms with E-state index in [9.17, 15) is 31.1 Å². The van der Waals surface area contributed by atoms with Gasteiger partial charge in [0.15, 0.2) is 0 Å². The number of alkyl halides is 6. The van der Waals surface area contributed by atoms with E-state index in [4.69, 9.17) is 0 Å². The first kappa shape index (κ1) is 18.1. The average Bonchev–Trinajstić information content (AvgIpc) is 2.51. The molecule has 0 N–H and O–H groups in total. The standard InChI is InChI=1S/C16H13F6NO/c17-15(18,19)12-6-4-5-11(14(12)16(20,21)22)7-8-13(24)23-9-2-1-3-10-23/h1-2,4-8H,3,9-10H2/b8-7+. The summed E-state index contributed by atoms with van der Waals surface area (Å²) in [6.07, 6.45) is -4.47. The molecule has 0 saturated heterocycles. The highest BCUT2D eigenvalue weighted by Crippen LogP contribution is 2.42. The molecule has 1 aromatic carbocycles. The van der Waals surface area contributed by atoms with Crippen LogP contribution in [0.1, 0.15) is 23.1 Å². The number of carbonyl (C=O) groups excluding carboxylic acids is 1. The van der Waals surface area contributed by atoms with E-state index in [0.717, 1.165) is 24.3 Å². The maximum Gasteiger partial charge on any atom is 0.417 e. The Kier molecular flexibility index (Phi) is 5.05. The molecule has 1 heterocycles. The predicted molar refractivity (Wildman–Crippen MR) is 75.8 cm³/mol. The highest BCUT2D eigenvalue weighted by Gasteiger charge is 2.44. The Bertz CT molecular complexity index is 672. The molecule has 1 aromatic rings. The van der Waals surface area contributed by atoms with E-state index in [1.807, 2.05) is 6.08 Å². The van der Waals surface area contributed by atoms with E-state index in [-0.39, 0.29) is 0 Å². The molecule has 1 aliphatic heterocycles. The number of hydrogen-bond acceptors (Lipinski definition) is 1. The molecule has 0 saturated carbocycles. The van der Waals surface area contributed by atoms with Crippen molar-refractivity contribution in [2.75, 3.05) is 13.1 Å². The third-order valence-corrected chi connectivity index (χ3v) is 3.46. The largest absolute Gasteiger partial charge is 0.417 e. The lowest BCUT2D eigenvalue weighted by atomic mass is 9.99. The Morgan fingerprint density at radius 2 is 1.75 bits per heavy atom. The molecule has 0 aliphatic carbocycles. The van der Waals surface area contributed by atoms with Crippen LogP contribution < -0.4 is 0 Å². The van der Waals surface area contributed by atoms with Crippen LogP contribution in [-0.4, -0.2) is 23.9 Å². The molecule has 2 nitrogen and oxygen atoms in total. The van der Waals surface area contributed by atoms with Crippen LogP contribution in [0.3, 0.4) is 0 Å². The highest BCUT2D eigenvalue weighted by atomic mass is 19.4. The summed E-state index contributed by atoms with van der Waals surface area (Å²) in [5.74, 6) is -0.551. The van der Waals surface area contributed by atoms with Gasteiger partial charge in [-0.2, -0.15) is 26.3 Å². The van der Waals surface area contributed by atoms with Crippen LogP contribution in [0, 0.1) is 0 Å². The molecule has 0 unspecified atom stereocenters.